The monoisotopic (exact) mass is 800 g/mol. The SMILES string of the molecule is Cc1ccc(OC2CCN(S(=O)(=O)c3c(C)nn(C)c3Cl)CC2)cc1.Cc1nn(C)c(C)c1S(=O)(=O)N1CCC(Oc2ccc(C(F)(F)F)cc2)CC1. The van der Waals surface area contributed by atoms with Crippen LogP contribution in [0.1, 0.15) is 53.9 Å². The third kappa shape index (κ3) is 9.19. The molecule has 290 valence electrons. The lowest BCUT2D eigenvalue weighted by molar-refractivity contribution is -0.137. The van der Waals surface area contributed by atoms with E-state index in [0.717, 1.165) is 17.9 Å². The number of sulfonamides is 2. The predicted octanol–water partition coefficient (Wildman–Crippen LogP) is 6.21. The molecule has 18 heteroatoms. The first kappa shape index (κ1) is 40.5. The first-order valence-electron chi connectivity index (χ1n) is 17.1. The van der Waals surface area contributed by atoms with E-state index in [1.54, 1.807) is 39.5 Å². The fraction of sp³-hybridized carbons (Fsp3) is 0.486. The molecule has 2 saturated heterocycles. The maximum absolute atomic E-state index is 13.0. The van der Waals surface area contributed by atoms with Gasteiger partial charge in [0.1, 0.15) is 38.7 Å². The Morgan fingerprint density at radius 3 is 1.43 bits per heavy atom. The lowest BCUT2D eigenvalue weighted by Gasteiger charge is -2.31. The molecule has 0 radical (unpaired) electrons. The Balaban J connectivity index is 0.000000206. The van der Waals surface area contributed by atoms with E-state index in [1.807, 2.05) is 31.2 Å². The van der Waals surface area contributed by atoms with Gasteiger partial charge in [-0.3, -0.25) is 9.36 Å². The molecule has 0 saturated carbocycles. The Morgan fingerprint density at radius 1 is 0.660 bits per heavy atom. The third-order valence-electron chi connectivity index (χ3n) is 9.35. The molecule has 2 aliphatic rings. The van der Waals surface area contributed by atoms with Crippen molar-refractivity contribution in [3.05, 3.63) is 81.9 Å². The quantitative estimate of drug-likeness (QED) is 0.206. The van der Waals surface area contributed by atoms with Crippen LogP contribution in [-0.2, 0) is 40.3 Å². The van der Waals surface area contributed by atoms with Gasteiger partial charge in [-0.25, -0.2) is 16.8 Å². The van der Waals surface area contributed by atoms with Crippen LogP contribution in [0.25, 0.3) is 0 Å². The Bertz CT molecular complexity index is 2110. The summed E-state index contributed by atoms with van der Waals surface area (Å²) < 4.78 is 107. The number of rotatable bonds is 8. The number of aryl methyl sites for hydroxylation is 5. The van der Waals surface area contributed by atoms with Gasteiger partial charge in [-0.1, -0.05) is 29.3 Å². The summed E-state index contributed by atoms with van der Waals surface area (Å²) in [4.78, 5) is 0.340. The Hall–Kier alpha value is -3.64. The van der Waals surface area contributed by atoms with Crippen molar-refractivity contribution in [1.29, 1.82) is 0 Å². The van der Waals surface area contributed by atoms with Crippen LogP contribution in [0.15, 0.2) is 58.3 Å². The summed E-state index contributed by atoms with van der Waals surface area (Å²) in [5.74, 6) is 1.16. The number of aromatic nitrogens is 4. The number of ether oxygens (including phenoxy) is 2. The molecule has 0 aliphatic carbocycles. The van der Waals surface area contributed by atoms with Crippen LogP contribution < -0.4 is 9.47 Å². The van der Waals surface area contributed by atoms with Crippen LogP contribution in [0.4, 0.5) is 13.2 Å². The lowest BCUT2D eigenvalue weighted by atomic mass is 10.1. The molecule has 0 bridgehead atoms. The van der Waals surface area contributed by atoms with Gasteiger partial charge in [-0.15, -0.1) is 0 Å². The summed E-state index contributed by atoms with van der Waals surface area (Å²) in [7, 11) is -3.96. The predicted molar refractivity (Wildman–Crippen MR) is 193 cm³/mol. The highest BCUT2D eigenvalue weighted by Gasteiger charge is 2.36. The number of alkyl halides is 3. The molecule has 2 aliphatic heterocycles. The molecule has 4 aromatic rings. The van der Waals surface area contributed by atoms with Gasteiger partial charge in [0.15, 0.2) is 0 Å². The minimum absolute atomic E-state index is 0.0135. The van der Waals surface area contributed by atoms with Crippen molar-refractivity contribution in [3.8, 4) is 11.5 Å². The topological polar surface area (TPSA) is 129 Å². The molecule has 2 aromatic carbocycles. The second-order valence-corrected chi connectivity index (χ2v) is 17.3. The van der Waals surface area contributed by atoms with Crippen LogP contribution in [0.3, 0.4) is 0 Å². The minimum atomic E-state index is -4.39. The molecule has 2 aromatic heterocycles. The minimum Gasteiger partial charge on any atom is -0.490 e. The van der Waals surface area contributed by atoms with Gasteiger partial charge >= 0.3 is 6.18 Å². The molecule has 6 rings (SSSR count). The largest absolute Gasteiger partial charge is 0.490 e. The van der Waals surface area contributed by atoms with Crippen molar-refractivity contribution in [2.75, 3.05) is 26.2 Å². The van der Waals surface area contributed by atoms with Gasteiger partial charge in [0.25, 0.3) is 0 Å². The maximum Gasteiger partial charge on any atom is 0.416 e. The molecular formula is C35H44ClF3N6O6S2. The molecule has 2 fully saturated rings. The number of hydrogen-bond acceptors (Lipinski definition) is 8. The molecule has 0 N–H and O–H groups in total. The van der Waals surface area contributed by atoms with Crippen molar-refractivity contribution < 1.29 is 39.5 Å². The molecule has 12 nitrogen and oxygen atoms in total. The van der Waals surface area contributed by atoms with Crippen LogP contribution in [-0.4, -0.2) is 83.4 Å². The number of benzene rings is 2. The number of hydrogen-bond donors (Lipinski definition) is 0. The second kappa shape index (κ2) is 16.0. The van der Waals surface area contributed by atoms with E-state index in [0.29, 0.717) is 61.6 Å². The van der Waals surface area contributed by atoms with Gasteiger partial charge in [0, 0.05) is 40.3 Å². The van der Waals surface area contributed by atoms with Gasteiger partial charge in [0.2, 0.25) is 20.0 Å². The molecule has 4 heterocycles. The zero-order chi connectivity index (χ0) is 38.9. The van der Waals surface area contributed by atoms with E-state index in [1.165, 1.54) is 31.0 Å². The Morgan fingerprint density at radius 2 is 1.06 bits per heavy atom. The molecule has 0 amide bonds. The highest BCUT2D eigenvalue weighted by atomic mass is 35.5. The van der Waals surface area contributed by atoms with Gasteiger partial charge in [-0.2, -0.15) is 32.0 Å². The number of halogens is 4. The summed E-state index contributed by atoms with van der Waals surface area (Å²) in [6.07, 6.45) is -2.43. The van der Waals surface area contributed by atoms with Gasteiger partial charge in [0.05, 0.1) is 22.6 Å². The summed E-state index contributed by atoms with van der Waals surface area (Å²) in [5, 5.41) is 8.43. The highest BCUT2D eigenvalue weighted by Crippen LogP contribution is 2.33. The molecule has 0 atom stereocenters. The zero-order valence-electron chi connectivity index (χ0n) is 30.4. The summed E-state index contributed by atoms with van der Waals surface area (Å²) in [5.41, 5.74) is 1.91. The first-order valence-corrected chi connectivity index (χ1v) is 20.3. The van der Waals surface area contributed by atoms with Crippen LogP contribution >= 0.6 is 11.6 Å². The lowest BCUT2D eigenvalue weighted by Crippen LogP contribution is -2.42. The summed E-state index contributed by atoms with van der Waals surface area (Å²) in [6, 6.07) is 12.4. The number of nitrogens with zero attached hydrogens (tertiary/aromatic N) is 6. The van der Waals surface area contributed by atoms with Crippen LogP contribution in [0.2, 0.25) is 5.15 Å². The highest BCUT2D eigenvalue weighted by molar-refractivity contribution is 7.89. The van der Waals surface area contributed by atoms with E-state index in [-0.39, 0.29) is 40.2 Å². The van der Waals surface area contributed by atoms with Crippen molar-refractivity contribution in [2.45, 2.75) is 81.6 Å². The molecule has 0 unspecified atom stereocenters. The van der Waals surface area contributed by atoms with E-state index in [2.05, 4.69) is 10.2 Å². The average molecular weight is 801 g/mol. The van der Waals surface area contributed by atoms with E-state index < -0.39 is 31.8 Å². The standard InChI is InChI=1S/C18H22F3N3O3S.C17H22ClN3O3S/c1-12-17(13(2)23(3)22-12)28(25,26)24-10-8-16(9-11-24)27-15-6-4-14(5-7-15)18(19,20)21;1-12-4-6-14(7-5-12)24-15-8-10-21(11-9-15)25(22,23)16-13(2)19-20(3)17(16)18/h4-7,16H,8-11H2,1-3H3;4-7,15H,8-11H2,1-3H3. The van der Waals surface area contributed by atoms with Crippen LogP contribution in [0, 0.1) is 27.7 Å². The van der Waals surface area contributed by atoms with E-state index >= 15 is 0 Å². The Labute approximate surface area is 313 Å². The fourth-order valence-electron chi connectivity index (χ4n) is 6.39. The summed E-state index contributed by atoms with van der Waals surface area (Å²) >= 11 is 6.14. The normalized spacial score (nSPS) is 17.0. The zero-order valence-corrected chi connectivity index (χ0v) is 32.8. The molecular weight excluding hydrogens is 757 g/mol. The van der Waals surface area contributed by atoms with E-state index in [9.17, 15) is 30.0 Å². The van der Waals surface area contributed by atoms with Crippen LogP contribution in [0.5, 0.6) is 11.5 Å². The van der Waals surface area contributed by atoms with Crippen molar-refractivity contribution in [2.24, 2.45) is 14.1 Å². The first-order chi connectivity index (χ1) is 24.8. The van der Waals surface area contributed by atoms with Gasteiger partial charge in [-0.05, 0) is 89.8 Å². The number of piperidine rings is 2. The van der Waals surface area contributed by atoms with Crippen molar-refractivity contribution in [3.63, 3.8) is 0 Å². The fourth-order valence-corrected chi connectivity index (χ4v) is 10.4. The second-order valence-electron chi connectivity index (χ2n) is 13.2. The van der Waals surface area contributed by atoms with E-state index in [4.69, 9.17) is 21.1 Å². The molecule has 0 spiro atoms. The third-order valence-corrected chi connectivity index (χ3v) is 14.1. The average Bonchev–Trinajstić information content (AvgIpc) is 3.52. The van der Waals surface area contributed by atoms with Gasteiger partial charge < -0.3 is 9.47 Å². The Kier molecular flexibility index (Phi) is 12.2. The smallest absolute Gasteiger partial charge is 0.416 e. The maximum atomic E-state index is 13.0. The summed E-state index contributed by atoms with van der Waals surface area (Å²) in [6.45, 7) is 8.44. The van der Waals surface area contributed by atoms with Crippen molar-refractivity contribution >= 4 is 31.6 Å². The molecule has 53 heavy (non-hydrogen) atoms. The van der Waals surface area contributed by atoms with Crippen molar-refractivity contribution in [1.82, 2.24) is 28.2 Å².